The zero-order valence-electron chi connectivity index (χ0n) is 14.5. The van der Waals surface area contributed by atoms with Gasteiger partial charge in [0.25, 0.3) is 5.22 Å². The second-order valence-corrected chi connectivity index (χ2v) is 6.45. The normalized spacial score (nSPS) is 10.8. The number of thioether (sulfide) groups is 1. The molecular weight excluding hydrogens is 390 g/mol. The molecule has 0 atom stereocenters. The highest BCUT2D eigenvalue weighted by atomic mass is 32.2. The molecule has 0 aliphatic rings. The zero-order chi connectivity index (χ0) is 19.8. The van der Waals surface area contributed by atoms with Gasteiger partial charge in [0.2, 0.25) is 11.8 Å². The fraction of sp³-hybridized carbons (Fsp3) is 0.222. The predicted octanol–water partition coefficient (Wildman–Crippen LogP) is 3.18. The number of rotatable bonds is 9. The lowest BCUT2D eigenvalue weighted by molar-refractivity contribution is -0.118. The molecular formula is C18H16F2N4O3S. The Labute approximate surface area is 163 Å². The van der Waals surface area contributed by atoms with Crippen LogP contribution < -0.4 is 10.1 Å². The van der Waals surface area contributed by atoms with E-state index in [2.05, 4.69) is 25.2 Å². The van der Waals surface area contributed by atoms with Crippen molar-refractivity contribution in [1.82, 2.24) is 20.5 Å². The minimum Gasteiger partial charge on any atom is -0.435 e. The average molecular weight is 406 g/mol. The van der Waals surface area contributed by atoms with Gasteiger partial charge in [-0.3, -0.25) is 9.78 Å². The molecule has 2 aromatic heterocycles. The smallest absolute Gasteiger partial charge is 0.387 e. The molecule has 28 heavy (non-hydrogen) atoms. The van der Waals surface area contributed by atoms with E-state index in [1.165, 1.54) is 12.1 Å². The van der Waals surface area contributed by atoms with Crippen LogP contribution in [0, 0.1) is 0 Å². The molecule has 1 N–H and O–H groups in total. The number of ether oxygens (including phenoxy) is 1. The van der Waals surface area contributed by atoms with Gasteiger partial charge in [0.05, 0.1) is 11.3 Å². The number of carbonyl (C=O) groups excluding carboxylic acids is 1. The Hall–Kier alpha value is -3.01. The number of hydrogen-bond acceptors (Lipinski definition) is 7. The Bertz CT molecular complexity index is 891. The van der Waals surface area contributed by atoms with Crippen molar-refractivity contribution in [2.75, 3.05) is 12.3 Å². The molecule has 3 rings (SSSR count). The number of aromatic nitrogens is 3. The second-order valence-electron chi connectivity index (χ2n) is 5.53. The first-order chi connectivity index (χ1) is 13.6. The lowest BCUT2D eigenvalue weighted by Crippen LogP contribution is -2.27. The molecule has 0 aliphatic heterocycles. The maximum Gasteiger partial charge on any atom is 0.387 e. The first-order valence-electron chi connectivity index (χ1n) is 8.27. The van der Waals surface area contributed by atoms with Crippen LogP contribution in [-0.4, -0.2) is 40.0 Å². The van der Waals surface area contributed by atoms with Gasteiger partial charge in [0, 0.05) is 18.9 Å². The van der Waals surface area contributed by atoms with E-state index in [9.17, 15) is 13.6 Å². The van der Waals surface area contributed by atoms with Crippen molar-refractivity contribution in [1.29, 1.82) is 0 Å². The van der Waals surface area contributed by atoms with Crippen LogP contribution in [0.5, 0.6) is 5.75 Å². The summed E-state index contributed by atoms with van der Waals surface area (Å²) in [6.45, 7) is -2.43. The fourth-order valence-corrected chi connectivity index (χ4v) is 2.83. The summed E-state index contributed by atoms with van der Waals surface area (Å²) in [5.74, 6) is 0.402. The summed E-state index contributed by atoms with van der Waals surface area (Å²) in [6, 6.07) is 9.85. The van der Waals surface area contributed by atoms with E-state index in [4.69, 9.17) is 4.42 Å². The molecule has 0 fully saturated rings. The summed E-state index contributed by atoms with van der Waals surface area (Å²) in [5.41, 5.74) is 1.60. The zero-order valence-corrected chi connectivity index (χ0v) is 15.4. The van der Waals surface area contributed by atoms with Gasteiger partial charge in [-0.25, -0.2) is 0 Å². The minimum atomic E-state index is -2.85. The third-order valence-electron chi connectivity index (χ3n) is 3.53. The van der Waals surface area contributed by atoms with E-state index < -0.39 is 6.61 Å². The largest absolute Gasteiger partial charge is 0.435 e. The van der Waals surface area contributed by atoms with Gasteiger partial charge < -0.3 is 14.5 Å². The lowest BCUT2D eigenvalue weighted by atomic mass is 10.1. The van der Waals surface area contributed by atoms with Gasteiger partial charge in [0.15, 0.2) is 0 Å². The van der Waals surface area contributed by atoms with Crippen LogP contribution in [0.4, 0.5) is 8.78 Å². The molecule has 0 unspecified atom stereocenters. The Morgan fingerprint density at radius 3 is 2.75 bits per heavy atom. The Morgan fingerprint density at radius 2 is 2.04 bits per heavy atom. The van der Waals surface area contributed by atoms with Crippen molar-refractivity contribution < 1.29 is 22.7 Å². The van der Waals surface area contributed by atoms with Gasteiger partial charge in [0.1, 0.15) is 5.75 Å². The quantitative estimate of drug-likeness (QED) is 0.546. The molecule has 0 radical (unpaired) electrons. The minimum absolute atomic E-state index is 0.101. The van der Waals surface area contributed by atoms with Crippen LogP contribution in [0.15, 0.2) is 58.4 Å². The third-order valence-corrected chi connectivity index (χ3v) is 4.34. The van der Waals surface area contributed by atoms with E-state index in [-0.39, 0.29) is 17.4 Å². The van der Waals surface area contributed by atoms with Gasteiger partial charge in [-0.05, 0) is 36.2 Å². The molecule has 3 aromatic rings. The summed E-state index contributed by atoms with van der Waals surface area (Å²) in [4.78, 5) is 15.9. The number of carbonyl (C=O) groups is 1. The monoisotopic (exact) mass is 406 g/mol. The molecule has 0 aliphatic carbocycles. The molecule has 10 heteroatoms. The van der Waals surface area contributed by atoms with Crippen molar-refractivity contribution in [2.45, 2.75) is 18.3 Å². The Balaban J connectivity index is 1.38. The number of nitrogens with zero attached hydrogens (tertiary/aromatic N) is 3. The average Bonchev–Trinajstić information content (AvgIpc) is 3.17. The Kier molecular flexibility index (Phi) is 6.90. The maximum atomic E-state index is 12.1. The van der Waals surface area contributed by atoms with Crippen molar-refractivity contribution in [3.63, 3.8) is 0 Å². The number of amides is 1. The van der Waals surface area contributed by atoms with Crippen LogP contribution in [0.1, 0.15) is 5.56 Å². The third kappa shape index (κ3) is 6.02. The number of halogens is 2. The topological polar surface area (TPSA) is 90.1 Å². The van der Waals surface area contributed by atoms with Crippen molar-refractivity contribution >= 4 is 17.7 Å². The lowest BCUT2D eigenvalue weighted by Gasteiger charge is -2.07. The standard InChI is InChI=1S/C18H16F2N4O3S/c19-17(20)26-14-5-3-12(4-6-14)7-9-22-15(25)11-28-18-24-23-16(27-18)13-2-1-8-21-10-13/h1-6,8,10,17H,7,9,11H2,(H,22,25). The van der Waals surface area contributed by atoms with Gasteiger partial charge in [-0.15, -0.1) is 10.2 Å². The number of nitrogens with one attached hydrogen (secondary N) is 1. The van der Waals surface area contributed by atoms with Crippen molar-refractivity contribution in [3.8, 4) is 17.2 Å². The fourth-order valence-electron chi connectivity index (χ4n) is 2.24. The maximum absolute atomic E-state index is 12.1. The van der Waals surface area contributed by atoms with E-state index in [0.717, 1.165) is 17.3 Å². The van der Waals surface area contributed by atoms with Gasteiger partial charge in [-0.2, -0.15) is 8.78 Å². The molecule has 2 heterocycles. The predicted molar refractivity (Wildman–Crippen MR) is 98.0 cm³/mol. The van der Waals surface area contributed by atoms with Crippen molar-refractivity contribution in [3.05, 3.63) is 54.4 Å². The highest BCUT2D eigenvalue weighted by molar-refractivity contribution is 7.99. The highest BCUT2D eigenvalue weighted by Crippen LogP contribution is 2.22. The summed E-state index contributed by atoms with van der Waals surface area (Å²) in [6.07, 6.45) is 3.82. The van der Waals surface area contributed by atoms with Crippen LogP contribution in [0.25, 0.3) is 11.5 Å². The SMILES string of the molecule is O=C(CSc1nnc(-c2cccnc2)o1)NCCc1ccc(OC(F)F)cc1. The van der Waals surface area contributed by atoms with E-state index in [0.29, 0.717) is 29.6 Å². The first kappa shape index (κ1) is 19.7. The van der Waals surface area contributed by atoms with Gasteiger partial charge >= 0.3 is 6.61 Å². The summed E-state index contributed by atoms with van der Waals surface area (Å²) < 4.78 is 34.0. The number of hydrogen-bond donors (Lipinski definition) is 1. The molecule has 0 spiro atoms. The summed E-state index contributed by atoms with van der Waals surface area (Å²) >= 11 is 1.14. The molecule has 0 saturated carbocycles. The van der Waals surface area contributed by atoms with E-state index in [1.54, 1.807) is 36.7 Å². The highest BCUT2D eigenvalue weighted by Gasteiger charge is 2.11. The first-order valence-corrected chi connectivity index (χ1v) is 9.26. The molecule has 0 bridgehead atoms. The molecule has 7 nitrogen and oxygen atoms in total. The number of benzene rings is 1. The number of pyridine rings is 1. The molecule has 1 aromatic carbocycles. The Morgan fingerprint density at radius 1 is 1.21 bits per heavy atom. The second kappa shape index (κ2) is 9.79. The summed E-state index contributed by atoms with van der Waals surface area (Å²) in [5, 5.41) is 10.9. The van der Waals surface area contributed by atoms with Crippen LogP contribution in [-0.2, 0) is 11.2 Å². The number of alkyl halides is 2. The van der Waals surface area contributed by atoms with Crippen LogP contribution in [0.2, 0.25) is 0 Å². The van der Waals surface area contributed by atoms with E-state index in [1.807, 2.05) is 0 Å². The van der Waals surface area contributed by atoms with Gasteiger partial charge in [-0.1, -0.05) is 23.9 Å². The molecule has 146 valence electrons. The molecule has 1 amide bonds. The van der Waals surface area contributed by atoms with Crippen LogP contribution >= 0.6 is 11.8 Å². The summed E-state index contributed by atoms with van der Waals surface area (Å²) in [7, 11) is 0. The van der Waals surface area contributed by atoms with E-state index >= 15 is 0 Å². The van der Waals surface area contributed by atoms with Crippen molar-refractivity contribution in [2.24, 2.45) is 0 Å². The molecule has 0 saturated heterocycles. The van der Waals surface area contributed by atoms with Crippen LogP contribution in [0.3, 0.4) is 0 Å².